The maximum Gasteiger partial charge on any atom is 0.264 e. The third-order valence-electron chi connectivity index (χ3n) is 5.31. The van der Waals surface area contributed by atoms with E-state index in [2.05, 4.69) is 33.2 Å². The van der Waals surface area contributed by atoms with Crippen molar-refractivity contribution in [1.82, 2.24) is 5.32 Å². The van der Waals surface area contributed by atoms with Crippen LogP contribution < -0.4 is 19.5 Å². The predicted octanol–water partition coefficient (Wildman–Crippen LogP) is 6.21. The molecule has 0 spiro atoms. The van der Waals surface area contributed by atoms with Gasteiger partial charge in [0.25, 0.3) is 5.91 Å². The monoisotopic (exact) mass is 536 g/mol. The Balaban J connectivity index is 1.25. The summed E-state index contributed by atoms with van der Waals surface area (Å²) in [5.74, 6) is 2.03. The van der Waals surface area contributed by atoms with Gasteiger partial charge < -0.3 is 19.5 Å². The number of thioether (sulfide) groups is 1. The van der Waals surface area contributed by atoms with Gasteiger partial charge in [0.05, 0.1) is 15.1 Å². The van der Waals surface area contributed by atoms with E-state index in [4.69, 9.17) is 14.2 Å². The van der Waals surface area contributed by atoms with E-state index in [1.165, 1.54) is 17.3 Å². The van der Waals surface area contributed by atoms with Crippen LogP contribution >= 0.6 is 27.7 Å². The highest BCUT2D eigenvalue weighted by Crippen LogP contribution is 2.34. The molecular weight excluding hydrogens is 516 g/mol. The summed E-state index contributed by atoms with van der Waals surface area (Å²) in [5, 5.41) is 3.41. The van der Waals surface area contributed by atoms with Crippen molar-refractivity contribution >= 4 is 50.5 Å². The number of hydrogen-bond acceptors (Lipinski definition) is 6. The van der Waals surface area contributed by atoms with Crippen LogP contribution in [0, 0.1) is 0 Å². The lowest BCUT2D eigenvalue weighted by molar-refractivity contribution is -0.115. The van der Waals surface area contributed by atoms with Crippen molar-refractivity contribution < 1.29 is 19.0 Å². The van der Waals surface area contributed by atoms with Crippen LogP contribution in [0.5, 0.6) is 17.2 Å². The van der Waals surface area contributed by atoms with E-state index < -0.39 is 0 Å². The second-order valence-electron chi connectivity index (χ2n) is 7.67. The Hall–Kier alpha value is -3.23. The number of nitrogens with zero attached hydrogens (tertiary/aromatic N) is 1. The summed E-state index contributed by atoms with van der Waals surface area (Å²) in [6.07, 6.45) is 2.82. The summed E-state index contributed by atoms with van der Waals surface area (Å²) in [7, 11) is 0. The molecule has 3 aromatic rings. The van der Waals surface area contributed by atoms with Crippen molar-refractivity contribution in [2.24, 2.45) is 4.99 Å². The van der Waals surface area contributed by atoms with Crippen molar-refractivity contribution in [2.75, 3.05) is 6.79 Å². The number of carbonyl (C=O) groups is 1. The molecule has 1 saturated heterocycles. The van der Waals surface area contributed by atoms with Gasteiger partial charge in [0, 0.05) is 0 Å². The van der Waals surface area contributed by atoms with Gasteiger partial charge in [-0.2, -0.15) is 0 Å². The van der Waals surface area contributed by atoms with Gasteiger partial charge in [-0.15, -0.1) is 0 Å². The fourth-order valence-corrected chi connectivity index (χ4v) is 4.82. The molecule has 0 unspecified atom stereocenters. The van der Waals surface area contributed by atoms with Crippen molar-refractivity contribution in [3.63, 3.8) is 0 Å². The van der Waals surface area contributed by atoms with E-state index in [1.54, 1.807) is 0 Å². The van der Waals surface area contributed by atoms with Crippen molar-refractivity contribution in [3.8, 4) is 17.2 Å². The summed E-state index contributed by atoms with van der Waals surface area (Å²) in [5.41, 5.74) is 3.93. The second-order valence-corrected chi connectivity index (χ2v) is 9.55. The fourth-order valence-electron chi connectivity index (χ4n) is 3.47. The first-order valence-corrected chi connectivity index (χ1v) is 12.4. The van der Waals surface area contributed by atoms with Crippen molar-refractivity contribution in [2.45, 2.75) is 20.0 Å². The molecule has 34 heavy (non-hydrogen) atoms. The van der Waals surface area contributed by atoms with Gasteiger partial charge in [0.15, 0.2) is 16.7 Å². The first-order chi connectivity index (χ1) is 16.6. The smallest absolute Gasteiger partial charge is 0.264 e. The highest BCUT2D eigenvalue weighted by Gasteiger charge is 2.24. The third-order valence-corrected chi connectivity index (χ3v) is 6.84. The average Bonchev–Trinajstić information content (AvgIpc) is 3.44. The molecular formula is C26H21BrN2O4S. The van der Waals surface area contributed by atoms with E-state index in [0.717, 1.165) is 39.2 Å². The molecule has 5 rings (SSSR count). The first-order valence-electron chi connectivity index (χ1n) is 10.8. The Morgan fingerprint density at radius 1 is 1.06 bits per heavy atom. The number of ether oxygens (including phenoxy) is 3. The van der Waals surface area contributed by atoms with E-state index in [1.807, 2.05) is 66.7 Å². The topological polar surface area (TPSA) is 69.2 Å². The number of amidine groups is 1. The number of benzene rings is 3. The van der Waals surface area contributed by atoms with Gasteiger partial charge in [0.2, 0.25) is 6.79 Å². The number of fused-ring (bicyclic) bond motifs is 1. The summed E-state index contributed by atoms with van der Waals surface area (Å²) in [4.78, 5) is 17.6. The van der Waals surface area contributed by atoms with Crippen LogP contribution in [-0.4, -0.2) is 17.9 Å². The maximum atomic E-state index is 12.4. The Bertz CT molecular complexity index is 1300. The number of aliphatic imine (C=N–C) groups is 1. The Morgan fingerprint density at radius 3 is 2.65 bits per heavy atom. The number of halogens is 1. The molecule has 172 valence electrons. The standard InChI is InChI=1S/C26H21BrN2O4S/c1-2-16-3-7-19(8-4-16)28-26-29-25(30)24(34-26)13-17-5-9-21(20(27)11-17)31-14-18-6-10-22-23(12-18)33-15-32-22/h3-13H,2,14-15H2,1H3,(H,28,29,30)/b24-13-. The van der Waals surface area contributed by atoms with E-state index >= 15 is 0 Å². The van der Waals surface area contributed by atoms with Crippen LogP contribution in [0.15, 0.2) is 75.0 Å². The van der Waals surface area contributed by atoms with E-state index in [0.29, 0.717) is 22.4 Å². The van der Waals surface area contributed by atoms with Crippen LogP contribution in [0.25, 0.3) is 6.08 Å². The Morgan fingerprint density at radius 2 is 1.85 bits per heavy atom. The van der Waals surface area contributed by atoms with Gasteiger partial charge >= 0.3 is 0 Å². The number of rotatable bonds is 6. The molecule has 1 amide bonds. The zero-order valence-electron chi connectivity index (χ0n) is 18.3. The number of hydrogen-bond donors (Lipinski definition) is 1. The molecule has 6 nitrogen and oxygen atoms in total. The van der Waals surface area contributed by atoms with E-state index in [-0.39, 0.29) is 12.7 Å². The van der Waals surface area contributed by atoms with Crippen LogP contribution in [0.2, 0.25) is 0 Å². The largest absolute Gasteiger partial charge is 0.488 e. The minimum atomic E-state index is -0.159. The lowest BCUT2D eigenvalue weighted by Crippen LogP contribution is -2.19. The first kappa shape index (κ1) is 22.6. The van der Waals surface area contributed by atoms with Crippen LogP contribution in [-0.2, 0) is 17.8 Å². The number of amides is 1. The lowest BCUT2D eigenvalue weighted by atomic mass is 10.2. The molecule has 2 heterocycles. The van der Waals surface area contributed by atoms with Gasteiger partial charge in [0.1, 0.15) is 12.4 Å². The minimum absolute atomic E-state index is 0.159. The third kappa shape index (κ3) is 5.13. The molecule has 2 aliphatic rings. The second kappa shape index (κ2) is 9.95. The van der Waals surface area contributed by atoms with Gasteiger partial charge in [-0.25, -0.2) is 4.99 Å². The van der Waals surface area contributed by atoms with Crippen LogP contribution in [0.1, 0.15) is 23.6 Å². The van der Waals surface area contributed by atoms with Gasteiger partial charge in [-0.3, -0.25) is 4.79 Å². The molecule has 0 bridgehead atoms. The summed E-state index contributed by atoms with van der Waals surface area (Å²) >= 11 is 4.90. The lowest BCUT2D eigenvalue weighted by Gasteiger charge is -2.09. The molecule has 2 aliphatic heterocycles. The minimum Gasteiger partial charge on any atom is -0.488 e. The highest BCUT2D eigenvalue weighted by molar-refractivity contribution is 9.10. The highest BCUT2D eigenvalue weighted by atomic mass is 79.9. The summed E-state index contributed by atoms with van der Waals surface area (Å²) in [6.45, 7) is 2.76. The van der Waals surface area contributed by atoms with Gasteiger partial charge in [-0.05, 0) is 93.3 Å². The SMILES string of the molecule is CCc1ccc(N=C2NC(=O)/C(=C/c3ccc(OCc4ccc5c(c4)OCO5)c(Br)c3)S2)cc1. The normalized spacial score (nSPS) is 16.8. The zero-order chi connectivity index (χ0) is 23.5. The molecule has 1 fully saturated rings. The quantitative estimate of drug-likeness (QED) is 0.379. The molecule has 3 aromatic carbocycles. The van der Waals surface area contributed by atoms with Crippen LogP contribution in [0.3, 0.4) is 0 Å². The summed E-state index contributed by atoms with van der Waals surface area (Å²) < 4.78 is 17.5. The van der Waals surface area contributed by atoms with Gasteiger partial charge in [-0.1, -0.05) is 31.2 Å². The predicted molar refractivity (Wildman–Crippen MR) is 138 cm³/mol. The maximum absolute atomic E-state index is 12.4. The zero-order valence-corrected chi connectivity index (χ0v) is 20.7. The Labute approximate surface area is 210 Å². The fraction of sp³-hybridized carbons (Fsp3) is 0.154. The molecule has 1 N–H and O–H groups in total. The molecule has 0 saturated carbocycles. The summed E-state index contributed by atoms with van der Waals surface area (Å²) in [6, 6.07) is 19.5. The molecule has 0 aliphatic carbocycles. The van der Waals surface area contributed by atoms with E-state index in [9.17, 15) is 4.79 Å². The van der Waals surface area contributed by atoms with Crippen molar-refractivity contribution in [3.05, 3.63) is 86.7 Å². The number of aryl methyl sites for hydroxylation is 1. The molecule has 0 radical (unpaired) electrons. The average molecular weight is 537 g/mol. The molecule has 0 atom stereocenters. The van der Waals surface area contributed by atoms with Crippen LogP contribution in [0.4, 0.5) is 5.69 Å². The number of carbonyl (C=O) groups excluding carboxylic acids is 1. The van der Waals surface area contributed by atoms with Crippen molar-refractivity contribution in [1.29, 1.82) is 0 Å². The molecule has 0 aromatic heterocycles. The molecule has 8 heteroatoms. The number of nitrogens with one attached hydrogen (secondary N) is 1. The Kier molecular flexibility index (Phi) is 6.60.